The number of allylic oxidation sites excluding steroid dienone is 1. The molecule has 0 bridgehead atoms. The molecule has 0 amide bonds. The zero-order valence-electron chi connectivity index (χ0n) is 13.9. The van der Waals surface area contributed by atoms with Gasteiger partial charge in [0.2, 0.25) is 0 Å². The summed E-state index contributed by atoms with van der Waals surface area (Å²) in [5, 5.41) is 10.7. The molecule has 0 spiro atoms. The molecule has 0 aromatic heterocycles. The third-order valence-corrected chi connectivity index (χ3v) is 3.41. The van der Waals surface area contributed by atoms with Gasteiger partial charge in [-0.15, -0.1) is 0 Å². The fourth-order valence-corrected chi connectivity index (χ4v) is 2.13. The van der Waals surface area contributed by atoms with Gasteiger partial charge in [0.15, 0.2) is 11.6 Å². The van der Waals surface area contributed by atoms with Gasteiger partial charge >= 0.3 is 5.97 Å². The van der Waals surface area contributed by atoms with Crippen molar-refractivity contribution >= 4 is 23.2 Å². The van der Waals surface area contributed by atoms with E-state index in [0.29, 0.717) is 5.56 Å². The van der Waals surface area contributed by atoms with Crippen LogP contribution in [0.5, 0.6) is 0 Å². The topological polar surface area (TPSA) is 104 Å². The number of nitro groups is 1. The Balaban J connectivity index is 2.39. The second kappa shape index (κ2) is 8.48. The number of hydrogen-bond acceptors (Lipinski definition) is 6. The lowest BCUT2D eigenvalue weighted by Crippen LogP contribution is -2.18. The minimum atomic E-state index is -0.930. The molecule has 132 valence electrons. The molecular formula is C19H15NO6. The van der Waals surface area contributed by atoms with Gasteiger partial charge in [-0.05, 0) is 19.1 Å². The van der Waals surface area contributed by atoms with E-state index in [1.165, 1.54) is 12.1 Å². The predicted molar refractivity (Wildman–Crippen MR) is 92.9 cm³/mol. The van der Waals surface area contributed by atoms with E-state index < -0.39 is 28.0 Å². The number of carbonyl (C=O) groups excluding carboxylic acids is 3. The Morgan fingerprint density at radius 2 is 1.62 bits per heavy atom. The smallest absolute Gasteiger partial charge is 0.342 e. The summed E-state index contributed by atoms with van der Waals surface area (Å²) < 4.78 is 4.86. The number of esters is 1. The molecule has 0 radical (unpaired) electrons. The molecule has 0 saturated carbocycles. The lowest BCUT2D eigenvalue weighted by molar-refractivity contribution is -0.384. The summed E-state index contributed by atoms with van der Waals surface area (Å²) in [6.45, 7) is 1.61. The van der Waals surface area contributed by atoms with Gasteiger partial charge in [-0.25, -0.2) is 4.79 Å². The normalized spacial score (nSPS) is 10.9. The Morgan fingerprint density at radius 1 is 1.00 bits per heavy atom. The molecule has 0 heterocycles. The van der Waals surface area contributed by atoms with Crippen LogP contribution in [0.3, 0.4) is 0 Å². The highest BCUT2D eigenvalue weighted by Gasteiger charge is 2.23. The number of non-ortho nitro benzene ring substituents is 1. The lowest BCUT2D eigenvalue weighted by atomic mass is 10.00. The van der Waals surface area contributed by atoms with E-state index >= 15 is 0 Å². The van der Waals surface area contributed by atoms with E-state index in [1.54, 1.807) is 37.3 Å². The SMILES string of the molecule is CCOC(=O)/C(=C\C(=O)c1ccccc1)C(=O)c1ccc([N+](=O)[O-])cc1. The maximum Gasteiger partial charge on any atom is 0.342 e. The number of carbonyl (C=O) groups is 3. The molecule has 2 rings (SSSR count). The van der Waals surface area contributed by atoms with Crippen molar-refractivity contribution < 1.29 is 24.0 Å². The molecule has 2 aromatic rings. The summed E-state index contributed by atoms with van der Waals surface area (Å²) in [7, 11) is 0. The van der Waals surface area contributed by atoms with Gasteiger partial charge in [0.05, 0.1) is 11.5 Å². The number of nitrogens with zero attached hydrogens (tertiary/aromatic N) is 1. The highest BCUT2D eigenvalue weighted by atomic mass is 16.6. The van der Waals surface area contributed by atoms with Gasteiger partial charge in [-0.1, -0.05) is 30.3 Å². The largest absolute Gasteiger partial charge is 0.462 e. The second-order valence-corrected chi connectivity index (χ2v) is 5.14. The van der Waals surface area contributed by atoms with Crippen molar-refractivity contribution in [3.05, 3.63) is 87.5 Å². The molecule has 0 saturated heterocycles. The zero-order valence-corrected chi connectivity index (χ0v) is 13.9. The number of benzene rings is 2. The van der Waals surface area contributed by atoms with Crippen molar-refractivity contribution in [3.63, 3.8) is 0 Å². The summed E-state index contributed by atoms with van der Waals surface area (Å²) in [5.74, 6) is -2.20. The van der Waals surface area contributed by atoms with Crippen LogP contribution < -0.4 is 0 Å². The van der Waals surface area contributed by atoms with Crippen LogP contribution in [0.25, 0.3) is 0 Å². The van der Waals surface area contributed by atoms with Gasteiger partial charge < -0.3 is 4.74 Å². The first-order valence-corrected chi connectivity index (χ1v) is 7.71. The van der Waals surface area contributed by atoms with Gasteiger partial charge in [-0.3, -0.25) is 19.7 Å². The van der Waals surface area contributed by atoms with Gasteiger partial charge in [-0.2, -0.15) is 0 Å². The highest BCUT2D eigenvalue weighted by molar-refractivity contribution is 6.27. The van der Waals surface area contributed by atoms with Crippen LogP contribution in [-0.2, 0) is 9.53 Å². The number of ether oxygens (including phenoxy) is 1. The van der Waals surface area contributed by atoms with E-state index in [9.17, 15) is 24.5 Å². The number of rotatable bonds is 7. The van der Waals surface area contributed by atoms with Crippen molar-refractivity contribution in [3.8, 4) is 0 Å². The van der Waals surface area contributed by atoms with Crippen LogP contribution in [0, 0.1) is 10.1 Å². The van der Waals surface area contributed by atoms with Gasteiger partial charge in [0, 0.05) is 29.3 Å². The lowest BCUT2D eigenvalue weighted by Gasteiger charge is -2.06. The minimum absolute atomic E-state index is 0.0310. The molecule has 0 aliphatic heterocycles. The van der Waals surface area contributed by atoms with Crippen LogP contribution in [0.4, 0.5) is 5.69 Å². The summed E-state index contributed by atoms with van der Waals surface area (Å²) in [4.78, 5) is 47.2. The van der Waals surface area contributed by atoms with Crippen molar-refractivity contribution in [2.24, 2.45) is 0 Å². The predicted octanol–water partition coefficient (Wildman–Crippen LogP) is 3.15. The Morgan fingerprint density at radius 3 is 2.15 bits per heavy atom. The Labute approximate surface area is 149 Å². The molecular weight excluding hydrogens is 338 g/mol. The minimum Gasteiger partial charge on any atom is -0.462 e. The molecule has 0 fully saturated rings. The van der Waals surface area contributed by atoms with E-state index in [1.807, 2.05) is 0 Å². The zero-order chi connectivity index (χ0) is 19.1. The first-order chi connectivity index (χ1) is 12.4. The summed E-state index contributed by atoms with van der Waals surface area (Å²) >= 11 is 0. The monoisotopic (exact) mass is 353 g/mol. The molecule has 0 aliphatic rings. The van der Waals surface area contributed by atoms with Crippen molar-refractivity contribution in [2.75, 3.05) is 6.61 Å². The number of nitro benzene ring substituents is 1. The third kappa shape index (κ3) is 4.47. The van der Waals surface area contributed by atoms with E-state index in [0.717, 1.165) is 18.2 Å². The third-order valence-electron chi connectivity index (χ3n) is 3.41. The van der Waals surface area contributed by atoms with E-state index in [4.69, 9.17) is 4.74 Å². The molecule has 0 aliphatic carbocycles. The van der Waals surface area contributed by atoms with Crippen LogP contribution in [0.2, 0.25) is 0 Å². The molecule has 0 atom stereocenters. The van der Waals surface area contributed by atoms with Crippen LogP contribution in [-0.4, -0.2) is 29.1 Å². The second-order valence-electron chi connectivity index (χ2n) is 5.14. The quantitative estimate of drug-likeness (QED) is 0.144. The number of hydrogen-bond donors (Lipinski definition) is 0. The van der Waals surface area contributed by atoms with Crippen LogP contribution in [0.15, 0.2) is 66.2 Å². The highest BCUT2D eigenvalue weighted by Crippen LogP contribution is 2.16. The van der Waals surface area contributed by atoms with Gasteiger partial charge in [0.1, 0.15) is 5.57 Å². The molecule has 7 heteroatoms. The summed E-state index contributed by atoms with van der Waals surface area (Å²) in [5.41, 5.74) is -0.278. The van der Waals surface area contributed by atoms with Crippen molar-refractivity contribution in [1.82, 2.24) is 0 Å². The molecule has 2 aromatic carbocycles. The average Bonchev–Trinajstić information content (AvgIpc) is 2.66. The maximum atomic E-state index is 12.6. The van der Waals surface area contributed by atoms with E-state index in [-0.39, 0.29) is 17.9 Å². The Kier molecular flexibility index (Phi) is 6.10. The number of Topliss-reactive ketones (excluding diaryl/α,β-unsaturated/α-hetero) is 1. The molecule has 0 unspecified atom stereocenters. The first-order valence-electron chi connectivity index (χ1n) is 7.71. The Hall–Kier alpha value is -3.61. The van der Waals surface area contributed by atoms with Gasteiger partial charge in [0.25, 0.3) is 5.69 Å². The summed E-state index contributed by atoms with van der Waals surface area (Å²) in [6, 6.07) is 12.9. The molecule has 26 heavy (non-hydrogen) atoms. The molecule has 7 nitrogen and oxygen atoms in total. The maximum absolute atomic E-state index is 12.6. The van der Waals surface area contributed by atoms with E-state index in [2.05, 4.69) is 0 Å². The standard InChI is InChI=1S/C19H15NO6/c1-2-26-19(23)16(12-17(21)13-6-4-3-5-7-13)18(22)14-8-10-15(11-9-14)20(24)25/h3-12H,2H2,1H3/b16-12-. The fraction of sp³-hybridized carbons (Fsp3) is 0.105. The van der Waals surface area contributed by atoms with Crippen LogP contribution >= 0.6 is 0 Å². The summed E-state index contributed by atoms with van der Waals surface area (Å²) in [6.07, 6.45) is 0.928. The van der Waals surface area contributed by atoms with Crippen molar-refractivity contribution in [1.29, 1.82) is 0 Å². The fourth-order valence-electron chi connectivity index (χ4n) is 2.13. The Bertz CT molecular complexity index is 869. The van der Waals surface area contributed by atoms with Crippen LogP contribution in [0.1, 0.15) is 27.6 Å². The average molecular weight is 353 g/mol. The first kappa shape index (κ1) is 18.7. The van der Waals surface area contributed by atoms with Crippen molar-refractivity contribution in [2.45, 2.75) is 6.92 Å². The molecule has 0 N–H and O–H groups in total. The number of ketones is 2.